The van der Waals surface area contributed by atoms with Gasteiger partial charge in [0.15, 0.2) is 0 Å². The first-order valence-corrected chi connectivity index (χ1v) is 6.71. The molecule has 2 aromatic rings. The number of hydrogen-bond acceptors (Lipinski definition) is 1. The molecule has 0 bridgehead atoms. The Labute approximate surface area is 111 Å². The summed E-state index contributed by atoms with van der Waals surface area (Å²) in [5.74, 6) is -0.336. The van der Waals surface area contributed by atoms with Gasteiger partial charge < -0.3 is 10.3 Å². The molecule has 96 valence electrons. The molecule has 1 atom stereocenters. The van der Waals surface area contributed by atoms with Gasteiger partial charge in [0.25, 0.3) is 0 Å². The zero-order chi connectivity index (χ0) is 12.9. The molecule has 4 heteroatoms. The van der Waals surface area contributed by atoms with Crippen molar-refractivity contribution in [1.82, 2.24) is 4.57 Å². The van der Waals surface area contributed by atoms with Gasteiger partial charge in [-0.3, -0.25) is 0 Å². The number of halogens is 2. The van der Waals surface area contributed by atoms with Crippen molar-refractivity contribution in [3.63, 3.8) is 0 Å². The number of aromatic nitrogens is 1. The molecule has 0 radical (unpaired) electrons. The molecule has 18 heavy (non-hydrogen) atoms. The van der Waals surface area contributed by atoms with E-state index in [9.17, 15) is 4.39 Å². The molecule has 0 amide bonds. The highest BCUT2D eigenvalue weighted by atomic mass is 35.5. The summed E-state index contributed by atoms with van der Waals surface area (Å²) in [6.07, 6.45) is 3.14. The van der Waals surface area contributed by atoms with E-state index >= 15 is 0 Å². The fourth-order valence-electron chi connectivity index (χ4n) is 2.99. The summed E-state index contributed by atoms with van der Waals surface area (Å²) in [6, 6.07) is 3.34. The quantitative estimate of drug-likeness (QED) is 0.889. The van der Waals surface area contributed by atoms with Crippen LogP contribution >= 0.6 is 11.6 Å². The van der Waals surface area contributed by atoms with E-state index < -0.39 is 0 Å². The molecule has 1 aromatic heterocycles. The molecule has 2 nitrogen and oxygen atoms in total. The Morgan fingerprint density at radius 2 is 2.22 bits per heavy atom. The lowest BCUT2D eigenvalue weighted by atomic mass is 10.1. The Morgan fingerprint density at radius 1 is 1.44 bits per heavy atom. The van der Waals surface area contributed by atoms with Gasteiger partial charge in [0.2, 0.25) is 0 Å². The molecule has 1 aliphatic rings. The molecule has 2 N–H and O–H groups in total. The lowest BCUT2D eigenvalue weighted by Gasteiger charge is -2.12. The minimum absolute atomic E-state index is 0.0779. The van der Waals surface area contributed by atoms with Crippen molar-refractivity contribution in [1.29, 1.82) is 0 Å². The second-order valence-electron chi connectivity index (χ2n) is 5.12. The van der Waals surface area contributed by atoms with E-state index in [-0.39, 0.29) is 16.9 Å². The number of rotatable bonds is 2. The number of benzene rings is 1. The summed E-state index contributed by atoms with van der Waals surface area (Å²) in [5.41, 5.74) is 9.43. The molecule has 0 aliphatic heterocycles. The maximum absolute atomic E-state index is 13.6. The minimum atomic E-state index is -0.336. The summed E-state index contributed by atoms with van der Waals surface area (Å²) in [7, 11) is 0. The first-order chi connectivity index (χ1) is 8.59. The van der Waals surface area contributed by atoms with Crippen molar-refractivity contribution < 1.29 is 4.39 Å². The van der Waals surface area contributed by atoms with Gasteiger partial charge in [0.1, 0.15) is 5.82 Å². The second kappa shape index (κ2) is 4.25. The largest absolute Gasteiger partial charge is 0.343 e. The molecule has 0 saturated carbocycles. The fourth-order valence-corrected chi connectivity index (χ4v) is 3.26. The van der Waals surface area contributed by atoms with E-state index in [4.69, 9.17) is 17.3 Å². The monoisotopic (exact) mass is 266 g/mol. The zero-order valence-electron chi connectivity index (χ0n) is 10.3. The predicted molar refractivity (Wildman–Crippen MR) is 72.6 cm³/mol. The van der Waals surface area contributed by atoms with E-state index in [0.717, 1.165) is 36.7 Å². The topological polar surface area (TPSA) is 30.9 Å². The maximum Gasteiger partial charge on any atom is 0.142 e. The van der Waals surface area contributed by atoms with Gasteiger partial charge in [-0.25, -0.2) is 4.39 Å². The first kappa shape index (κ1) is 12.0. The van der Waals surface area contributed by atoms with E-state index in [1.165, 1.54) is 17.3 Å². The van der Waals surface area contributed by atoms with Crippen LogP contribution in [0.2, 0.25) is 5.02 Å². The molecule has 1 heterocycles. The molecule has 0 spiro atoms. The van der Waals surface area contributed by atoms with Gasteiger partial charge in [-0.05, 0) is 43.9 Å². The van der Waals surface area contributed by atoms with Gasteiger partial charge in [0.05, 0.1) is 10.5 Å². The predicted octanol–water partition coefficient (Wildman–Crippen LogP) is 3.27. The third-order valence-corrected chi connectivity index (χ3v) is 4.02. The molecule has 1 aliphatic carbocycles. The second-order valence-corrected chi connectivity index (χ2v) is 5.50. The van der Waals surface area contributed by atoms with Crippen LogP contribution in [0.15, 0.2) is 12.1 Å². The van der Waals surface area contributed by atoms with Crippen molar-refractivity contribution in [3.05, 3.63) is 34.2 Å². The average molecular weight is 267 g/mol. The fraction of sp³-hybridized carbons (Fsp3) is 0.429. The van der Waals surface area contributed by atoms with E-state index in [0.29, 0.717) is 0 Å². The minimum Gasteiger partial charge on any atom is -0.343 e. The molecule has 1 unspecified atom stereocenters. The van der Waals surface area contributed by atoms with Crippen molar-refractivity contribution in [2.75, 3.05) is 0 Å². The number of aryl methyl sites for hydroxylation is 1. The molecule has 1 aromatic carbocycles. The van der Waals surface area contributed by atoms with Crippen LogP contribution < -0.4 is 5.73 Å². The Balaban J connectivity index is 2.32. The third kappa shape index (κ3) is 1.65. The van der Waals surface area contributed by atoms with Crippen LogP contribution in [0.25, 0.3) is 10.9 Å². The number of nitrogens with zero attached hydrogens (tertiary/aromatic N) is 1. The van der Waals surface area contributed by atoms with Crippen molar-refractivity contribution in [2.24, 2.45) is 5.73 Å². The van der Waals surface area contributed by atoms with Crippen LogP contribution in [-0.2, 0) is 19.4 Å². The van der Waals surface area contributed by atoms with Crippen molar-refractivity contribution >= 4 is 22.5 Å². The van der Waals surface area contributed by atoms with Crippen LogP contribution in [0.1, 0.15) is 24.6 Å². The average Bonchev–Trinajstić information content (AvgIpc) is 2.86. The normalized spacial score (nSPS) is 16.2. The standard InChI is InChI=1S/C14H16ClFN2/c1-8(17)7-18-11-4-2-3-9(11)13-12(18)6-5-10(16)14(13)15/h5-6,8H,2-4,7,17H2,1H3. The van der Waals surface area contributed by atoms with Crippen LogP contribution in [0, 0.1) is 5.82 Å². The molecule has 0 fully saturated rings. The van der Waals surface area contributed by atoms with Gasteiger partial charge in [-0.15, -0.1) is 0 Å². The molecule has 3 rings (SSSR count). The summed E-state index contributed by atoms with van der Waals surface area (Å²) < 4.78 is 15.8. The Hall–Kier alpha value is -1.06. The van der Waals surface area contributed by atoms with E-state index in [1.54, 1.807) is 0 Å². The van der Waals surface area contributed by atoms with Crippen molar-refractivity contribution in [3.8, 4) is 0 Å². The summed E-state index contributed by atoms with van der Waals surface area (Å²) in [6.45, 7) is 2.74. The van der Waals surface area contributed by atoms with Crippen LogP contribution in [0.3, 0.4) is 0 Å². The number of nitrogens with two attached hydrogens (primary N) is 1. The van der Waals surface area contributed by atoms with Crippen LogP contribution in [0.4, 0.5) is 4.39 Å². The zero-order valence-corrected chi connectivity index (χ0v) is 11.1. The molecular weight excluding hydrogens is 251 g/mol. The van der Waals surface area contributed by atoms with E-state index in [1.807, 2.05) is 13.0 Å². The first-order valence-electron chi connectivity index (χ1n) is 6.33. The highest BCUT2D eigenvalue weighted by Gasteiger charge is 2.24. The SMILES string of the molecule is CC(N)Cn1c2c(c3c(Cl)c(F)ccc31)CCC2. The summed E-state index contributed by atoms with van der Waals surface area (Å²) >= 11 is 6.14. The summed E-state index contributed by atoms with van der Waals surface area (Å²) in [4.78, 5) is 0. The van der Waals surface area contributed by atoms with Gasteiger partial charge >= 0.3 is 0 Å². The molecular formula is C14H16ClFN2. The lowest BCUT2D eigenvalue weighted by molar-refractivity contribution is 0.587. The maximum atomic E-state index is 13.6. The smallest absolute Gasteiger partial charge is 0.142 e. The Bertz CT molecular complexity index is 616. The van der Waals surface area contributed by atoms with Gasteiger partial charge in [-0.2, -0.15) is 0 Å². The highest BCUT2D eigenvalue weighted by Crippen LogP contribution is 2.38. The summed E-state index contributed by atoms with van der Waals surface area (Å²) in [5, 5.41) is 1.15. The van der Waals surface area contributed by atoms with Crippen LogP contribution in [0.5, 0.6) is 0 Å². The van der Waals surface area contributed by atoms with Gasteiger partial charge in [-0.1, -0.05) is 11.6 Å². The van der Waals surface area contributed by atoms with Crippen LogP contribution in [-0.4, -0.2) is 10.6 Å². The van der Waals surface area contributed by atoms with Gasteiger partial charge in [0, 0.05) is 23.7 Å². The number of fused-ring (bicyclic) bond motifs is 3. The highest BCUT2D eigenvalue weighted by molar-refractivity contribution is 6.36. The van der Waals surface area contributed by atoms with E-state index in [2.05, 4.69) is 4.57 Å². The molecule has 0 saturated heterocycles. The Morgan fingerprint density at radius 3 is 2.94 bits per heavy atom. The third-order valence-electron chi connectivity index (χ3n) is 3.65. The lowest BCUT2D eigenvalue weighted by Crippen LogP contribution is -2.23. The van der Waals surface area contributed by atoms with Crippen molar-refractivity contribution in [2.45, 2.75) is 38.8 Å². The number of hydrogen-bond donors (Lipinski definition) is 1. The Kier molecular flexibility index (Phi) is 2.83.